The van der Waals surface area contributed by atoms with Gasteiger partial charge in [0.25, 0.3) is 0 Å². The Morgan fingerprint density at radius 2 is 2.07 bits per heavy atom. The van der Waals surface area contributed by atoms with E-state index in [0.29, 0.717) is 11.7 Å². The van der Waals surface area contributed by atoms with Gasteiger partial charge in [0.05, 0.1) is 7.11 Å². The molecule has 0 amide bonds. The normalized spacial score (nSPS) is 12.5. The van der Waals surface area contributed by atoms with Crippen LogP contribution in [-0.2, 0) is 0 Å². The second kappa shape index (κ2) is 5.74. The smallest absolute Gasteiger partial charge is 0.165 e. The topological polar surface area (TPSA) is 9.23 Å². The van der Waals surface area contributed by atoms with Gasteiger partial charge in [-0.1, -0.05) is 26.3 Å². The van der Waals surface area contributed by atoms with Crippen molar-refractivity contribution in [1.29, 1.82) is 0 Å². The third-order valence-corrected chi connectivity index (χ3v) is 2.78. The lowest BCUT2D eigenvalue weighted by molar-refractivity contribution is 0.385. The number of benzene rings is 1. The van der Waals surface area contributed by atoms with E-state index in [9.17, 15) is 4.39 Å². The highest BCUT2D eigenvalue weighted by molar-refractivity contribution is 5.32. The van der Waals surface area contributed by atoms with Crippen molar-refractivity contribution in [2.75, 3.05) is 7.11 Å². The summed E-state index contributed by atoms with van der Waals surface area (Å²) in [4.78, 5) is 0. The number of halogens is 1. The molecule has 1 aromatic rings. The van der Waals surface area contributed by atoms with Gasteiger partial charge in [-0.15, -0.1) is 0 Å². The largest absolute Gasteiger partial charge is 0.494 e. The predicted octanol–water partition coefficient (Wildman–Crippen LogP) is 4.13. The Morgan fingerprint density at radius 1 is 1.33 bits per heavy atom. The minimum atomic E-state index is -0.285. The van der Waals surface area contributed by atoms with Crippen LogP contribution in [0.2, 0.25) is 0 Å². The molecule has 0 bridgehead atoms. The fourth-order valence-corrected chi connectivity index (χ4v) is 1.89. The molecule has 84 valence electrons. The van der Waals surface area contributed by atoms with Crippen molar-refractivity contribution in [2.24, 2.45) is 0 Å². The maximum Gasteiger partial charge on any atom is 0.165 e. The number of hydrogen-bond acceptors (Lipinski definition) is 1. The average molecular weight is 210 g/mol. The summed E-state index contributed by atoms with van der Waals surface area (Å²) in [7, 11) is 1.50. The molecule has 0 aliphatic carbocycles. The van der Waals surface area contributed by atoms with Crippen molar-refractivity contribution in [1.82, 2.24) is 0 Å². The van der Waals surface area contributed by atoms with Gasteiger partial charge in [-0.3, -0.25) is 0 Å². The van der Waals surface area contributed by atoms with E-state index in [4.69, 9.17) is 4.74 Å². The van der Waals surface area contributed by atoms with Crippen molar-refractivity contribution in [3.63, 3.8) is 0 Å². The number of methoxy groups -OCH3 is 1. The van der Waals surface area contributed by atoms with Crippen LogP contribution >= 0.6 is 0 Å². The van der Waals surface area contributed by atoms with E-state index in [1.54, 1.807) is 0 Å². The molecule has 0 radical (unpaired) electrons. The summed E-state index contributed by atoms with van der Waals surface area (Å²) in [6.07, 6.45) is 3.38. The zero-order valence-corrected chi connectivity index (χ0v) is 9.72. The Labute approximate surface area is 91.3 Å². The summed E-state index contributed by atoms with van der Waals surface area (Å²) in [5.74, 6) is 0.583. The molecule has 0 heterocycles. The van der Waals surface area contributed by atoms with Gasteiger partial charge in [0.1, 0.15) is 0 Å². The second-order valence-electron chi connectivity index (χ2n) is 3.79. The van der Waals surface area contributed by atoms with E-state index < -0.39 is 0 Å². The maximum absolute atomic E-state index is 13.2. The maximum atomic E-state index is 13.2. The SMILES string of the molecule is CCCC(CC)c1ccc(F)c(OC)c1. The highest BCUT2D eigenvalue weighted by atomic mass is 19.1. The molecule has 0 aliphatic heterocycles. The Hall–Kier alpha value is -1.05. The van der Waals surface area contributed by atoms with Gasteiger partial charge < -0.3 is 4.74 Å². The van der Waals surface area contributed by atoms with E-state index in [-0.39, 0.29) is 5.82 Å². The molecule has 1 nitrogen and oxygen atoms in total. The molecule has 0 saturated carbocycles. The molecule has 1 unspecified atom stereocenters. The first-order valence-corrected chi connectivity index (χ1v) is 5.56. The molecule has 0 N–H and O–H groups in total. The van der Waals surface area contributed by atoms with E-state index in [0.717, 1.165) is 19.3 Å². The standard InChI is InChI=1S/C13H19FO/c1-4-6-10(5-2)11-7-8-12(14)13(9-11)15-3/h7-10H,4-6H2,1-3H3. The van der Waals surface area contributed by atoms with Gasteiger partial charge in [0.15, 0.2) is 11.6 Å². The van der Waals surface area contributed by atoms with E-state index >= 15 is 0 Å². The second-order valence-corrected chi connectivity index (χ2v) is 3.79. The third kappa shape index (κ3) is 2.95. The van der Waals surface area contributed by atoms with Gasteiger partial charge in [-0.2, -0.15) is 0 Å². The highest BCUT2D eigenvalue weighted by Crippen LogP contribution is 2.28. The average Bonchev–Trinajstić information content (AvgIpc) is 2.27. The predicted molar refractivity (Wildman–Crippen MR) is 60.9 cm³/mol. The van der Waals surface area contributed by atoms with Gasteiger partial charge in [0.2, 0.25) is 0 Å². The van der Waals surface area contributed by atoms with Crippen molar-refractivity contribution in [3.8, 4) is 5.75 Å². The quantitative estimate of drug-likeness (QED) is 0.710. The van der Waals surface area contributed by atoms with Crippen LogP contribution < -0.4 is 4.74 Å². The van der Waals surface area contributed by atoms with Crippen LogP contribution in [0.4, 0.5) is 4.39 Å². The lowest BCUT2D eigenvalue weighted by Gasteiger charge is -2.15. The van der Waals surface area contributed by atoms with Crippen molar-refractivity contribution < 1.29 is 9.13 Å². The minimum absolute atomic E-state index is 0.285. The highest BCUT2D eigenvalue weighted by Gasteiger charge is 2.11. The first-order valence-electron chi connectivity index (χ1n) is 5.56. The fourth-order valence-electron chi connectivity index (χ4n) is 1.89. The molecule has 0 aliphatic rings. The summed E-state index contributed by atoms with van der Waals surface area (Å²) < 4.78 is 18.2. The van der Waals surface area contributed by atoms with Crippen molar-refractivity contribution >= 4 is 0 Å². The van der Waals surface area contributed by atoms with Gasteiger partial charge in [0, 0.05) is 0 Å². The van der Waals surface area contributed by atoms with E-state index in [1.165, 1.54) is 18.7 Å². The molecular formula is C13H19FO. The molecule has 0 spiro atoms. The zero-order chi connectivity index (χ0) is 11.3. The Morgan fingerprint density at radius 3 is 2.60 bits per heavy atom. The summed E-state index contributed by atoms with van der Waals surface area (Å²) >= 11 is 0. The minimum Gasteiger partial charge on any atom is -0.494 e. The Bertz CT molecular complexity index is 309. The van der Waals surface area contributed by atoms with Crippen LogP contribution in [0.5, 0.6) is 5.75 Å². The summed E-state index contributed by atoms with van der Waals surface area (Å²) in [5.41, 5.74) is 1.18. The van der Waals surface area contributed by atoms with Gasteiger partial charge in [-0.05, 0) is 36.5 Å². The lowest BCUT2D eigenvalue weighted by Crippen LogP contribution is -1.98. The van der Waals surface area contributed by atoms with Crippen molar-refractivity contribution in [2.45, 2.75) is 39.0 Å². The van der Waals surface area contributed by atoms with Gasteiger partial charge >= 0.3 is 0 Å². The number of rotatable bonds is 5. The molecule has 0 saturated heterocycles. The number of ether oxygens (including phenoxy) is 1. The first kappa shape index (κ1) is 12.0. The molecule has 1 rings (SSSR count). The lowest BCUT2D eigenvalue weighted by atomic mass is 9.92. The van der Waals surface area contributed by atoms with Crippen LogP contribution in [0.1, 0.15) is 44.6 Å². The monoisotopic (exact) mass is 210 g/mol. The molecule has 1 atom stereocenters. The summed E-state index contributed by atoms with van der Waals surface area (Å²) in [6.45, 7) is 4.33. The molecular weight excluding hydrogens is 191 g/mol. The van der Waals surface area contributed by atoms with E-state index in [1.807, 2.05) is 12.1 Å². The zero-order valence-electron chi connectivity index (χ0n) is 9.72. The van der Waals surface area contributed by atoms with Crippen LogP contribution in [0.25, 0.3) is 0 Å². The fraction of sp³-hybridized carbons (Fsp3) is 0.538. The van der Waals surface area contributed by atoms with Crippen LogP contribution in [0.15, 0.2) is 18.2 Å². The van der Waals surface area contributed by atoms with Gasteiger partial charge in [-0.25, -0.2) is 4.39 Å². The molecule has 15 heavy (non-hydrogen) atoms. The molecule has 2 heteroatoms. The van der Waals surface area contributed by atoms with Crippen LogP contribution in [0.3, 0.4) is 0 Å². The van der Waals surface area contributed by atoms with Crippen LogP contribution in [0, 0.1) is 5.82 Å². The Balaban J connectivity index is 2.92. The Kier molecular flexibility index (Phi) is 4.60. The third-order valence-electron chi connectivity index (χ3n) is 2.78. The number of hydrogen-bond donors (Lipinski definition) is 0. The van der Waals surface area contributed by atoms with Crippen LogP contribution in [-0.4, -0.2) is 7.11 Å². The summed E-state index contributed by atoms with van der Waals surface area (Å²) in [5, 5.41) is 0. The van der Waals surface area contributed by atoms with E-state index in [2.05, 4.69) is 13.8 Å². The molecule has 1 aromatic carbocycles. The molecule has 0 aromatic heterocycles. The first-order chi connectivity index (χ1) is 7.22. The summed E-state index contributed by atoms with van der Waals surface area (Å²) in [6, 6.07) is 5.17. The van der Waals surface area contributed by atoms with Crippen molar-refractivity contribution in [3.05, 3.63) is 29.6 Å². The molecule has 0 fully saturated rings.